The number of allylic oxidation sites excluding steroid dienone is 1. The van der Waals surface area contributed by atoms with E-state index < -0.39 is 29.9 Å². The number of aromatic nitrogens is 1. The van der Waals surface area contributed by atoms with Crippen LogP contribution in [0.15, 0.2) is 39.0 Å². The Balaban J connectivity index is 1.98. The molecule has 1 aromatic carbocycles. The van der Waals surface area contributed by atoms with Gasteiger partial charge in [0.05, 0.1) is 26.9 Å². The molecule has 202 valence electrons. The van der Waals surface area contributed by atoms with Gasteiger partial charge in [0.15, 0.2) is 0 Å². The normalized spacial score (nSPS) is 18.0. The molecule has 4 rings (SSSR count). The predicted molar refractivity (Wildman–Crippen MR) is 155 cm³/mol. The van der Waals surface area contributed by atoms with Crippen molar-refractivity contribution in [3.8, 4) is 6.07 Å². The number of carboxylic acids is 2. The molecule has 0 bridgehead atoms. The summed E-state index contributed by atoms with van der Waals surface area (Å²) in [6, 6.07) is 7.45. The van der Waals surface area contributed by atoms with E-state index in [-0.39, 0.29) is 26.9 Å². The number of thiazole rings is 1. The number of thiocarbonyl (C=S) groups is 1. The van der Waals surface area contributed by atoms with Gasteiger partial charge in [-0.2, -0.15) is 5.26 Å². The number of nitrogens with zero attached hydrogens (tertiary/aromatic N) is 4. The second-order valence-electron chi connectivity index (χ2n) is 8.31. The molecule has 14 heteroatoms. The van der Waals surface area contributed by atoms with Crippen molar-refractivity contribution in [1.82, 2.24) is 9.47 Å². The number of carbonyl (C=O) groups excluding carboxylic acids is 1. The molecule has 1 amide bonds. The molecule has 0 spiro atoms. The van der Waals surface area contributed by atoms with Crippen molar-refractivity contribution in [3.63, 3.8) is 0 Å². The van der Waals surface area contributed by atoms with Crippen LogP contribution in [0.1, 0.15) is 32.3 Å². The molecular weight excluding hydrogens is 581 g/mol. The fourth-order valence-corrected chi connectivity index (χ4v) is 8.00. The quantitative estimate of drug-likeness (QED) is 0.430. The number of thioether (sulfide) groups is 2. The Hall–Kier alpha value is -3.38. The average Bonchev–Trinajstić information content (AvgIpc) is 3.50. The molecule has 10 nitrogen and oxygen atoms in total. The Morgan fingerprint density at radius 2 is 1.79 bits per heavy atom. The van der Waals surface area contributed by atoms with Gasteiger partial charge in [0.25, 0.3) is 11.5 Å². The molecule has 1 aromatic heterocycles. The fourth-order valence-electron chi connectivity index (χ4n) is 4.11. The lowest BCUT2D eigenvalue weighted by atomic mass is 10.1. The number of amides is 1. The van der Waals surface area contributed by atoms with Gasteiger partial charge in [-0.05, 0) is 50.1 Å². The third-order valence-electron chi connectivity index (χ3n) is 5.91. The van der Waals surface area contributed by atoms with Crippen LogP contribution in [-0.4, -0.2) is 54.9 Å². The van der Waals surface area contributed by atoms with Gasteiger partial charge in [0.1, 0.15) is 20.4 Å². The highest BCUT2D eigenvalue weighted by molar-refractivity contribution is 8.30. The highest BCUT2D eigenvalue weighted by Gasteiger charge is 2.33. The van der Waals surface area contributed by atoms with Gasteiger partial charge in [-0.1, -0.05) is 35.7 Å². The molecular formula is C25H22N4O6S4. The first-order chi connectivity index (χ1) is 18.6. The number of carboxylic acid groups (broad SMARTS) is 2. The molecule has 0 aliphatic carbocycles. The van der Waals surface area contributed by atoms with Crippen molar-refractivity contribution in [3.05, 3.63) is 54.4 Å². The van der Waals surface area contributed by atoms with Crippen LogP contribution in [0.4, 0.5) is 5.69 Å². The first-order valence-electron chi connectivity index (χ1n) is 11.7. The molecule has 1 saturated heterocycles. The van der Waals surface area contributed by atoms with E-state index in [0.29, 0.717) is 28.5 Å². The third kappa shape index (κ3) is 5.67. The van der Waals surface area contributed by atoms with Crippen LogP contribution in [0.3, 0.4) is 0 Å². The molecule has 2 aromatic rings. The minimum Gasteiger partial charge on any atom is -0.481 e. The van der Waals surface area contributed by atoms with E-state index in [9.17, 15) is 34.7 Å². The Kier molecular flexibility index (Phi) is 8.65. The number of hydrogen-bond donors (Lipinski definition) is 2. The van der Waals surface area contributed by atoms with E-state index >= 15 is 0 Å². The minimum absolute atomic E-state index is 0.00885. The van der Waals surface area contributed by atoms with Crippen LogP contribution in [0.5, 0.6) is 0 Å². The third-order valence-corrected chi connectivity index (χ3v) is 9.85. The summed E-state index contributed by atoms with van der Waals surface area (Å²) in [4.78, 5) is 54.2. The molecule has 0 radical (unpaired) electrons. The number of rotatable bonds is 8. The Morgan fingerprint density at radius 3 is 2.38 bits per heavy atom. The average molecular weight is 603 g/mol. The van der Waals surface area contributed by atoms with Crippen LogP contribution in [-0.2, 0) is 20.9 Å². The van der Waals surface area contributed by atoms with Crippen molar-refractivity contribution >= 4 is 85.4 Å². The van der Waals surface area contributed by atoms with Gasteiger partial charge in [0.2, 0.25) is 0 Å². The minimum atomic E-state index is -1.26. The van der Waals surface area contributed by atoms with Gasteiger partial charge in [-0.15, -0.1) is 11.3 Å². The maximum atomic E-state index is 13.6. The van der Waals surface area contributed by atoms with Crippen LogP contribution in [0.25, 0.3) is 10.5 Å². The second-order valence-corrected chi connectivity index (χ2v) is 12.0. The first-order valence-corrected chi connectivity index (χ1v) is 14.6. The molecule has 0 saturated carbocycles. The maximum absolute atomic E-state index is 13.6. The van der Waals surface area contributed by atoms with Gasteiger partial charge >= 0.3 is 11.9 Å². The zero-order chi connectivity index (χ0) is 28.4. The van der Waals surface area contributed by atoms with E-state index in [1.807, 2.05) is 17.9 Å². The van der Waals surface area contributed by atoms with Crippen molar-refractivity contribution in [2.75, 3.05) is 18.0 Å². The summed E-state index contributed by atoms with van der Waals surface area (Å²) in [5.74, 6) is -2.72. The topological polar surface area (TPSA) is 144 Å². The standard InChI is InChI=1S/C25H22N4O6S4/c1-3-27-15-9-13(11-26)5-7-16(15)37-17(27)10-14(6-8-18(30)31)20-22(34)29(12-19(32)33)24(38-20)21-23(35)28(4-2)25(36)39-21/h5,7,9-10H,3-4,6,8,12H2,1-2H3,(H,30,31)(H,32,33)/b17-10-,20-14+,24-21-. The monoisotopic (exact) mass is 602 g/mol. The van der Waals surface area contributed by atoms with Gasteiger partial charge in [-0.3, -0.25) is 28.6 Å². The highest BCUT2D eigenvalue weighted by Crippen LogP contribution is 2.46. The summed E-state index contributed by atoms with van der Waals surface area (Å²) < 4.78 is 1.68. The molecule has 2 aliphatic heterocycles. The lowest BCUT2D eigenvalue weighted by Gasteiger charge is -2.18. The fraction of sp³-hybridized carbons (Fsp3) is 0.280. The zero-order valence-corrected chi connectivity index (χ0v) is 24.1. The highest BCUT2D eigenvalue weighted by atomic mass is 32.2. The number of hydrogen-bond acceptors (Lipinski definition) is 10. The van der Waals surface area contributed by atoms with Gasteiger partial charge in [-0.25, -0.2) is 0 Å². The molecule has 2 aliphatic rings. The maximum Gasteiger partial charge on any atom is 0.323 e. The summed E-state index contributed by atoms with van der Waals surface area (Å²) in [5.41, 5.74) is 1.13. The van der Waals surface area contributed by atoms with Crippen molar-refractivity contribution < 1.29 is 24.6 Å². The summed E-state index contributed by atoms with van der Waals surface area (Å²) in [7, 11) is 0. The lowest BCUT2D eigenvalue weighted by molar-refractivity contribution is -0.138. The lowest BCUT2D eigenvalue weighted by Crippen LogP contribution is -2.36. The summed E-state index contributed by atoms with van der Waals surface area (Å²) in [6.07, 6.45) is 1.49. The van der Waals surface area contributed by atoms with Crippen molar-refractivity contribution in [2.24, 2.45) is 0 Å². The van der Waals surface area contributed by atoms with E-state index in [1.54, 1.807) is 25.1 Å². The van der Waals surface area contributed by atoms with Gasteiger partial charge in [0, 0.05) is 24.4 Å². The molecule has 0 atom stereocenters. The van der Waals surface area contributed by atoms with Crippen molar-refractivity contribution in [1.29, 1.82) is 5.26 Å². The number of carbonyl (C=O) groups is 3. The number of fused-ring (bicyclic) bond motifs is 1. The smallest absolute Gasteiger partial charge is 0.323 e. The molecule has 1 fully saturated rings. The van der Waals surface area contributed by atoms with E-state index in [1.165, 1.54) is 16.7 Å². The Labute approximate surface area is 240 Å². The number of benzene rings is 1. The molecule has 0 unspecified atom stereocenters. The van der Waals surface area contributed by atoms with Crippen LogP contribution < -0.4 is 19.7 Å². The Morgan fingerprint density at radius 1 is 1.08 bits per heavy atom. The van der Waals surface area contributed by atoms with Crippen molar-refractivity contribution in [2.45, 2.75) is 38.1 Å². The van der Waals surface area contributed by atoms with E-state index in [2.05, 4.69) is 6.07 Å². The SMILES string of the molecule is CCN1C(=O)/C(=c2/s/c(=C(/C=C3\Sc4ccc(C#N)cc4N3CC)CCC(=O)O)c(=O)n2CC(=O)O)SC1=S. The first kappa shape index (κ1) is 28.6. The number of aliphatic carboxylic acids is 2. The largest absolute Gasteiger partial charge is 0.481 e. The van der Waals surface area contributed by atoms with Crippen LogP contribution in [0, 0.1) is 11.3 Å². The predicted octanol–water partition coefficient (Wildman–Crippen LogP) is 2.34. The molecule has 2 N–H and O–H groups in total. The summed E-state index contributed by atoms with van der Waals surface area (Å²) >= 11 is 8.70. The zero-order valence-electron chi connectivity index (χ0n) is 20.8. The van der Waals surface area contributed by atoms with E-state index in [0.717, 1.165) is 43.3 Å². The van der Waals surface area contributed by atoms with Crippen LogP contribution in [0.2, 0.25) is 0 Å². The van der Waals surface area contributed by atoms with E-state index in [4.69, 9.17) is 12.2 Å². The Bertz CT molecular complexity index is 1670. The van der Waals surface area contributed by atoms with Crippen LogP contribution >= 0.6 is 47.1 Å². The van der Waals surface area contributed by atoms with Gasteiger partial charge < -0.3 is 15.1 Å². The second kappa shape index (κ2) is 11.8. The molecule has 39 heavy (non-hydrogen) atoms. The number of nitriles is 1. The summed E-state index contributed by atoms with van der Waals surface area (Å²) in [6.45, 7) is 3.92. The number of anilines is 1. The molecule has 3 heterocycles. The summed E-state index contributed by atoms with van der Waals surface area (Å²) in [5, 5.41) is 29.0.